The predicted molar refractivity (Wildman–Crippen MR) is 77.2 cm³/mol. The summed E-state index contributed by atoms with van der Waals surface area (Å²) in [5.74, 6) is -0.479. The van der Waals surface area contributed by atoms with Crippen LogP contribution in [-0.2, 0) is 9.53 Å². The first kappa shape index (κ1) is 16.0. The van der Waals surface area contributed by atoms with Gasteiger partial charge >= 0.3 is 12.0 Å². The van der Waals surface area contributed by atoms with E-state index < -0.39 is 5.97 Å². The molecule has 2 fully saturated rings. The molecule has 1 N–H and O–H groups in total. The van der Waals surface area contributed by atoms with Gasteiger partial charge in [0, 0.05) is 25.7 Å². The van der Waals surface area contributed by atoms with Gasteiger partial charge in [-0.05, 0) is 20.0 Å². The maximum absolute atomic E-state index is 12.7. The number of morpholine rings is 1. The molecule has 7 nitrogen and oxygen atoms in total. The number of carbonyl (C=O) groups excluding carboxylic acids is 1. The Kier molecular flexibility index (Phi) is 5.05. The van der Waals surface area contributed by atoms with Gasteiger partial charge in [-0.15, -0.1) is 0 Å². The molecule has 3 unspecified atom stereocenters. The molecule has 0 aromatic rings. The third-order valence-corrected chi connectivity index (χ3v) is 4.39. The van der Waals surface area contributed by atoms with E-state index in [9.17, 15) is 9.59 Å². The number of likely N-dealkylation sites (N-methyl/N-ethyl adjacent to an activating group) is 1. The monoisotopic (exact) mass is 299 g/mol. The zero-order chi connectivity index (χ0) is 15.6. The molecule has 120 valence electrons. The number of carboxylic acid groups (broad SMARTS) is 1. The van der Waals surface area contributed by atoms with E-state index in [1.807, 2.05) is 19.0 Å². The molecule has 0 spiro atoms. The van der Waals surface area contributed by atoms with Crippen molar-refractivity contribution in [1.82, 2.24) is 14.7 Å². The molecule has 7 heteroatoms. The number of urea groups is 1. The van der Waals surface area contributed by atoms with Gasteiger partial charge < -0.3 is 24.5 Å². The largest absolute Gasteiger partial charge is 0.481 e. The van der Waals surface area contributed by atoms with Crippen LogP contribution in [0, 0.1) is 5.92 Å². The first-order valence-electron chi connectivity index (χ1n) is 7.41. The van der Waals surface area contributed by atoms with E-state index in [2.05, 4.69) is 11.8 Å². The summed E-state index contributed by atoms with van der Waals surface area (Å²) in [7, 11) is 4.05. The average molecular weight is 299 g/mol. The van der Waals surface area contributed by atoms with Crippen molar-refractivity contribution in [1.29, 1.82) is 0 Å². The van der Waals surface area contributed by atoms with Crippen LogP contribution in [0.15, 0.2) is 0 Å². The molecule has 2 heterocycles. The van der Waals surface area contributed by atoms with Crippen molar-refractivity contribution in [3.05, 3.63) is 0 Å². The van der Waals surface area contributed by atoms with Gasteiger partial charge in [0.15, 0.2) is 0 Å². The van der Waals surface area contributed by atoms with Crippen LogP contribution < -0.4 is 0 Å². The van der Waals surface area contributed by atoms with E-state index >= 15 is 0 Å². The Morgan fingerprint density at radius 1 is 1.33 bits per heavy atom. The topological polar surface area (TPSA) is 73.3 Å². The van der Waals surface area contributed by atoms with E-state index in [4.69, 9.17) is 9.84 Å². The maximum Gasteiger partial charge on any atom is 0.320 e. The van der Waals surface area contributed by atoms with Gasteiger partial charge in [-0.2, -0.15) is 0 Å². The second kappa shape index (κ2) is 6.62. The van der Waals surface area contributed by atoms with Crippen LogP contribution in [0.25, 0.3) is 0 Å². The summed E-state index contributed by atoms with van der Waals surface area (Å²) < 4.78 is 5.32. The number of hydrogen-bond acceptors (Lipinski definition) is 4. The minimum absolute atomic E-state index is 0.0549. The lowest BCUT2D eigenvalue weighted by Gasteiger charge is -2.37. The second-order valence-electron chi connectivity index (χ2n) is 6.22. The first-order chi connectivity index (χ1) is 9.90. The minimum atomic E-state index is -0.899. The van der Waals surface area contributed by atoms with Crippen molar-refractivity contribution in [2.75, 3.05) is 46.9 Å². The Bertz CT molecular complexity index is 402. The highest BCUT2D eigenvalue weighted by molar-refractivity contribution is 5.76. The number of amides is 2. The van der Waals surface area contributed by atoms with Crippen LogP contribution >= 0.6 is 0 Å². The van der Waals surface area contributed by atoms with Crippen molar-refractivity contribution in [3.63, 3.8) is 0 Å². The first-order valence-corrected chi connectivity index (χ1v) is 7.41. The molecule has 0 bridgehead atoms. The molecule has 3 atom stereocenters. The van der Waals surface area contributed by atoms with Gasteiger partial charge in [-0.3, -0.25) is 4.79 Å². The summed E-state index contributed by atoms with van der Waals surface area (Å²) >= 11 is 0. The smallest absolute Gasteiger partial charge is 0.320 e. The van der Waals surface area contributed by atoms with Gasteiger partial charge in [-0.1, -0.05) is 6.92 Å². The average Bonchev–Trinajstić information content (AvgIpc) is 2.80. The van der Waals surface area contributed by atoms with Gasteiger partial charge in [0.1, 0.15) is 0 Å². The predicted octanol–water partition coefficient (Wildman–Crippen LogP) is 0.164. The third kappa shape index (κ3) is 3.65. The highest BCUT2D eigenvalue weighted by Crippen LogP contribution is 2.23. The standard InChI is InChI=1S/C14H25N3O4/c1-10-7-16(8-12(10)15(2)3)14(20)17-4-5-21-9-11(17)6-13(18)19/h10-12H,4-9H2,1-3H3,(H,18,19). The summed E-state index contributed by atoms with van der Waals surface area (Å²) in [6.07, 6.45) is -0.0633. The number of aliphatic carboxylic acids is 1. The summed E-state index contributed by atoms with van der Waals surface area (Å²) in [4.78, 5) is 29.3. The number of rotatable bonds is 3. The number of hydrogen-bond donors (Lipinski definition) is 1. The molecule has 2 aliphatic heterocycles. The van der Waals surface area contributed by atoms with Crippen LogP contribution in [0.5, 0.6) is 0 Å². The quantitative estimate of drug-likeness (QED) is 0.804. The molecule has 2 amide bonds. The molecule has 2 saturated heterocycles. The Balaban J connectivity index is 2.02. The SMILES string of the molecule is CC1CN(C(=O)N2CCOCC2CC(=O)O)CC1N(C)C. The Labute approximate surface area is 125 Å². The normalized spacial score (nSPS) is 30.0. The van der Waals surface area contributed by atoms with Crippen LogP contribution in [0.3, 0.4) is 0 Å². The van der Waals surface area contributed by atoms with Crippen molar-refractivity contribution >= 4 is 12.0 Å². The van der Waals surface area contributed by atoms with Crippen LogP contribution in [0.2, 0.25) is 0 Å². The lowest BCUT2D eigenvalue weighted by molar-refractivity contribution is -0.139. The fraction of sp³-hybridized carbons (Fsp3) is 0.857. The lowest BCUT2D eigenvalue weighted by atomic mass is 10.1. The van der Waals surface area contributed by atoms with E-state index in [0.29, 0.717) is 38.3 Å². The zero-order valence-corrected chi connectivity index (χ0v) is 13.0. The van der Waals surface area contributed by atoms with Gasteiger partial charge in [0.2, 0.25) is 0 Å². The molecule has 0 aliphatic carbocycles. The van der Waals surface area contributed by atoms with Crippen LogP contribution in [0.4, 0.5) is 4.79 Å². The van der Waals surface area contributed by atoms with E-state index in [1.165, 1.54) is 0 Å². The molecule has 0 aromatic heterocycles. The van der Waals surface area contributed by atoms with Gasteiger partial charge in [0.05, 0.1) is 25.7 Å². The number of carboxylic acids is 1. The van der Waals surface area contributed by atoms with Crippen LogP contribution in [-0.4, -0.2) is 90.8 Å². The number of carbonyl (C=O) groups is 2. The summed E-state index contributed by atoms with van der Waals surface area (Å²) in [6.45, 7) is 4.81. The lowest BCUT2D eigenvalue weighted by Crippen LogP contribution is -2.54. The molecule has 2 rings (SSSR count). The van der Waals surface area contributed by atoms with Crippen molar-refractivity contribution in [2.45, 2.75) is 25.4 Å². The van der Waals surface area contributed by atoms with E-state index in [0.717, 1.165) is 6.54 Å². The Morgan fingerprint density at radius 2 is 2.05 bits per heavy atom. The molecule has 21 heavy (non-hydrogen) atoms. The number of ether oxygens (including phenoxy) is 1. The second-order valence-corrected chi connectivity index (χ2v) is 6.22. The zero-order valence-electron chi connectivity index (χ0n) is 13.0. The van der Waals surface area contributed by atoms with Gasteiger partial charge in [0.25, 0.3) is 0 Å². The molecule has 0 saturated carbocycles. The molecule has 0 radical (unpaired) electrons. The van der Waals surface area contributed by atoms with Crippen LogP contribution in [0.1, 0.15) is 13.3 Å². The van der Waals surface area contributed by atoms with E-state index in [1.54, 1.807) is 4.90 Å². The molecule has 2 aliphatic rings. The van der Waals surface area contributed by atoms with Crippen molar-refractivity contribution in [2.24, 2.45) is 5.92 Å². The highest BCUT2D eigenvalue weighted by atomic mass is 16.5. The third-order valence-electron chi connectivity index (χ3n) is 4.39. The minimum Gasteiger partial charge on any atom is -0.481 e. The van der Waals surface area contributed by atoms with E-state index in [-0.39, 0.29) is 18.5 Å². The fourth-order valence-corrected chi connectivity index (χ4v) is 3.24. The number of likely N-dealkylation sites (tertiary alicyclic amines) is 1. The Morgan fingerprint density at radius 3 is 2.62 bits per heavy atom. The summed E-state index contributed by atoms with van der Waals surface area (Å²) in [5.41, 5.74) is 0. The van der Waals surface area contributed by atoms with Crippen molar-refractivity contribution < 1.29 is 19.4 Å². The highest BCUT2D eigenvalue weighted by Gasteiger charge is 2.38. The molecular formula is C14H25N3O4. The fourth-order valence-electron chi connectivity index (χ4n) is 3.24. The maximum atomic E-state index is 12.7. The van der Waals surface area contributed by atoms with Crippen molar-refractivity contribution in [3.8, 4) is 0 Å². The summed E-state index contributed by atoms with van der Waals surface area (Å²) in [6, 6.07) is -0.0638. The Hall–Kier alpha value is -1.34. The molecular weight excluding hydrogens is 274 g/mol. The van der Waals surface area contributed by atoms with Gasteiger partial charge in [-0.25, -0.2) is 4.79 Å². The number of nitrogens with zero attached hydrogens (tertiary/aromatic N) is 3. The summed E-state index contributed by atoms with van der Waals surface area (Å²) in [5, 5.41) is 8.97. The molecule has 0 aromatic carbocycles.